The fourth-order valence-electron chi connectivity index (χ4n) is 3.25. The van der Waals surface area contributed by atoms with Crippen LogP contribution >= 0.6 is 24.0 Å². The fraction of sp³-hybridized carbons (Fsp3) is 0.471. The smallest absolute Gasteiger partial charge is 0.229 e. The van der Waals surface area contributed by atoms with Gasteiger partial charge in [-0.05, 0) is 11.6 Å². The maximum atomic E-state index is 12.7. The van der Waals surface area contributed by atoms with Gasteiger partial charge in [-0.1, -0.05) is 29.8 Å². The van der Waals surface area contributed by atoms with Crippen LogP contribution in [0.5, 0.6) is 0 Å². The number of amides is 3. The van der Waals surface area contributed by atoms with Crippen LogP contribution in [0.15, 0.2) is 24.3 Å². The number of rotatable bonds is 4. The minimum atomic E-state index is -0.184. The Bertz CT molecular complexity index is 652. The van der Waals surface area contributed by atoms with Gasteiger partial charge in [0, 0.05) is 50.5 Å². The second-order valence-corrected chi connectivity index (χ2v) is 6.42. The van der Waals surface area contributed by atoms with Crippen LogP contribution in [0.3, 0.4) is 0 Å². The summed E-state index contributed by atoms with van der Waals surface area (Å²) in [4.78, 5) is 39.0. The maximum absolute atomic E-state index is 12.7. The standard InChI is InChI=1S/C17H20ClN3O3.ClH/c18-13-4-2-1-3-12(13)14-11-19-8-10-20(14)17(24)7-9-21-15(22)5-6-16(21)23;/h1-4,14,19H,5-11H2;1H. The van der Waals surface area contributed by atoms with Gasteiger partial charge in [0.15, 0.2) is 0 Å². The molecule has 1 N–H and O–H groups in total. The molecule has 3 rings (SSSR count). The van der Waals surface area contributed by atoms with E-state index < -0.39 is 0 Å². The van der Waals surface area contributed by atoms with Gasteiger partial charge in [0.2, 0.25) is 17.7 Å². The SMILES string of the molecule is Cl.O=C1CCC(=O)N1CCC(=O)N1CCNCC1c1ccccc1Cl. The van der Waals surface area contributed by atoms with Crippen LogP contribution in [0, 0.1) is 0 Å². The summed E-state index contributed by atoms with van der Waals surface area (Å²) in [5.74, 6) is -0.430. The molecule has 2 aliphatic heterocycles. The molecule has 8 heteroatoms. The number of imide groups is 1. The number of nitrogens with one attached hydrogen (secondary N) is 1. The Hall–Kier alpha value is -1.63. The Morgan fingerprint density at radius 2 is 1.88 bits per heavy atom. The van der Waals surface area contributed by atoms with Gasteiger partial charge in [0.25, 0.3) is 0 Å². The predicted molar refractivity (Wildman–Crippen MR) is 96.6 cm³/mol. The number of halogens is 2. The van der Waals surface area contributed by atoms with Crippen molar-refractivity contribution in [3.05, 3.63) is 34.9 Å². The molecule has 2 aliphatic rings. The van der Waals surface area contributed by atoms with Crippen LogP contribution in [0.25, 0.3) is 0 Å². The highest BCUT2D eigenvalue weighted by atomic mass is 35.5. The van der Waals surface area contributed by atoms with E-state index >= 15 is 0 Å². The average molecular weight is 386 g/mol. The Morgan fingerprint density at radius 1 is 1.20 bits per heavy atom. The lowest BCUT2D eigenvalue weighted by atomic mass is 10.0. The lowest BCUT2D eigenvalue weighted by Gasteiger charge is -2.37. The van der Waals surface area contributed by atoms with Gasteiger partial charge in [-0.25, -0.2) is 0 Å². The summed E-state index contributed by atoms with van der Waals surface area (Å²) in [6.45, 7) is 2.09. The van der Waals surface area contributed by atoms with Gasteiger partial charge in [-0.15, -0.1) is 12.4 Å². The van der Waals surface area contributed by atoms with E-state index in [4.69, 9.17) is 11.6 Å². The van der Waals surface area contributed by atoms with Crippen molar-refractivity contribution < 1.29 is 14.4 Å². The van der Waals surface area contributed by atoms with E-state index in [0.717, 1.165) is 5.56 Å². The average Bonchev–Trinajstić information content (AvgIpc) is 2.91. The van der Waals surface area contributed by atoms with E-state index in [1.54, 1.807) is 4.90 Å². The zero-order valence-corrected chi connectivity index (χ0v) is 15.3. The van der Waals surface area contributed by atoms with Crippen molar-refractivity contribution in [3.63, 3.8) is 0 Å². The molecule has 2 fully saturated rings. The second-order valence-electron chi connectivity index (χ2n) is 6.02. The number of hydrogen-bond donors (Lipinski definition) is 1. The number of benzene rings is 1. The summed E-state index contributed by atoms with van der Waals surface area (Å²) in [6, 6.07) is 7.37. The molecule has 136 valence electrons. The van der Waals surface area contributed by atoms with Crippen LogP contribution in [0.1, 0.15) is 30.9 Å². The van der Waals surface area contributed by atoms with Crippen LogP contribution < -0.4 is 5.32 Å². The molecule has 1 aromatic rings. The Morgan fingerprint density at radius 3 is 2.56 bits per heavy atom. The molecule has 0 aliphatic carbocycles. The third-order valence-electron chi connectivity index (χ3n) is 4.53. The fourth-order valence-corrected chi connectivity index (χ4v) is 3.51. The Labute approximate surface area is 157 Å². The van der Waals surface area contributed by atoms with Crippen LogP contribution in [-0.2, 0) is 14.4 Å². The van der Waals surface area contributed by atoms with E-state index in [2.05, 4.69) is 5.32 Å². The molecule has 1 atom stereocenters. The summed E-state index contributed by atoms with van der Waals surface area (Å²) < 4.78 is 0. The first-order chi connectivity index (χ1) is 11.6. The van der Waals surface area contributed by atoms with Crippen molar-refractivity contribution in [2.75, 3.05) is 26.2 Å². The molecule has 2 saturated heterocycles. The topological polar surface area (TPSA) is 69.7 Å². The summed E-state index contributed by atoms with van der Waals surface area (Å²) in [7, 11) is 0. The van der Waals surface area contributed by atoms with Gasteiger partial charge in [-0.2, -0.15) is 0 Å². The summed E-state index contributed by atoms with van der Waals surface area (Å²) in [5.41, 5.74) is 0.910. The number of piperazine rings is 1. The minimum Gasteiger partial charge on any atom is -0.333 e. The summed E-state index contributed by atoms with van der Waals surface area (Å²) in [6.07, 6.45) is 0.657. The van der Waals surface area contributed by atoms with Crippen molar-refractivity contribution in [1.82, 2.24) is 15.1 Å². The third-order valence-corrected chi connectivity index (χ3v) is 4.88. The predicted octanol–water partition coefficient (Wildman–Crippen LogP) is 1.77. The number of hydrogen-bond acceptors (Lipinski definition) is 4. The van der Waals surface area contributed by atoms with Crippen molar-refractivity contribution >= 4 is 41.7 Å². The molecular weight excluding hydrogens is 365 g/mol. The first-order valence-corrected chi connectivity index (χ1v) is 8.53. The molecule has 25 heavy (non-hydrogen) atoms. The second kappa shape index (κ2) is 8.65. The molecule has 0 radical (unpaired) electrons. The Balaban J connectivity index is 0.00000225. The van der Waals surface area contributed by atoms with Crippen molar-refractivity contribution in [3.8, 4) is 0 Å². The molecule has 0 saturated carbocycles. The molecule has 1 unspecified atom stereocenters. The maximum Gasteiger partial charge on any atom is 0.229 e. The quantitative estimate of drug-likeness (QED) is 0.801. The van der Waals surface area contributed by atoms with Crippen molar-refractivity contribution in [2.45, 2.75) is 25.3 Å². The zero-order chi connectivity index (χ0) is 17.1. The number of carbonyl (C=O) groups excluding carboxylic acids is 3. The van der Waals surface area contributed by atoms with Crippen LogP contribution in [0.2, 0.25) is 5.02 Å². The van der Waals surface area contributed by atoms with E-state index in [1.807, 2.05) is 24.3 Å². The zero-order valence-electron chi connectivity index (χ0n) is 13.7. The third kappa shape index (κ3) is 4.32. The van der Waals surface area contributed by atoms with Crippen LogP contribution in [-0.4, -0.2) is 53.7 Å². The highest BCUT2D eigenvalue weighted by Gasteiger charge is 2.32. The van der Waals surface area contributed by atoms with E-state index in [9.17, 15) is 14.4 Å². The van der Waals surface area contributed by atoms with Crippen LogP contribution in [0.4, 0.5) is 0 Å². The molecule has 1 aromatic carbocycles. The Kier molecular flexibility index (Phi) is 6.81. The van der Waals surface area contributed by atoms with Gasteiger partial charge in [0.05, 0.1) is 6.04 Å². The molecule has 2 heterocycles. The van der Waals surface area contributed by atoms with Crippen molar-refractivity contribution in [1.29, 1.82) is 0 Å². The minimum absolute atomic E-state index is 0. The molecule has 0 bridgehead atoms. The number of likely N-dealkylation sites (tertiary alicyclic amines) is 1. The lowest BCUT2D eigenvalue weighted by molar-refractivity contribution is -0.140. The molecule has 6 nitrogen and oxygen atoms in total. The first-order valence-electron chi connectivity index (χ1n) is 8.15. The summed E-state index contributed by atoms with van der Waals surface area (Å²) in [5, 5.41) is 3.92. The highest BCUT2D eigenvalue weighted by Crippen LogP contribution is 2.29. The molecule has 0 aromatic heterocycles. The van der Waals surface area contributed by atoms with Gasteiger partial charge < -0.3 is 10.2 Å². The number of carbonyl (C=O) groups is 3. The monoisotopic (exact) mass is 385 g/mol. The largest absolute Gasteiger partial charge is 0.333 e. The van der Waals surface area contributed by atoms with Gasteiger partial charge in [0.1, 0.15) is 0 Å². The lowest BCUT2D eigenvalue weighted by Crippen LogP contribution is -2.49. The highest BCUT2D eigenvalue weighted by molar-refractivity contribution is 6.31. The van der Waals surface area contributed by atoms with E-state index in [1.165, 1.54) is 4.90 Å². The van der Waals surface area contributed by atoms with Crippen molar-refractivity contribution in [2.24, 2.45) is 0 Å². The summed E-state index contributed by atoms with van der Waals surface area (Å²) >= 11 is 6.28. The molecule has 0 spiro atoms. The number of nitrogens with zero attached hydrogens (tertiary/aromatic N) is 2. The normalized spacial score (nSPS) is 20.6. The molecule has 3 amide bonds. The van der Waals surface area contributed by atoms with E-state index in [0.29, 0.717) is 24.7 Å². The first kappa shape index (κ1) is 19.7. The van der Waals surface area contributed by atoms with Gasteiger partial charge in [-0.3, -0.25) is 19.3 Å². The molecular formula is C17H21Cl2N3O3. The van der Waals surface area contributed by atoms with E-state index in [-0.39, 0.29) is 62.0 Å². The van der Waals surface area contributed by atoms with Gasteiger partial charge >= 0.3 is 0 Å².